The van der Waals surface area contributed by atoms with Gasteiger partial charge in [0.15, 0.2) is 5.76 Å². The molecule has 4 rings (SSSR count). The second kappa shape index (κ2) is 6.33. The van der Waals surface area contributed by atoms with Crippen LogP contribution in [0.1, 0.15) is 34.2 Å². The molecular formula is C18H20N4O3. The van der Waals surface area contributed by atoms with Gasteiger partial charge in [0, 0.05) is 37.1 Å². The highest BCUT2D eigenvalue weighted by molar-refractivity contribution is 5.99. The summed E-state index contributed by atoms with van der Waals surface area (Å²) in [6.45, 7) is 2.94. The van der Waals surface area contributed by atoms with Crippen LogP contribution in [0.2, 0.25) is 0 Å². The molecule has 1 aliphatic heterocycles. The standard InChI is InChI=1S/C18H20N4O3/c1-11-20-21-16-8-7-12(9-22(11)16)19-18(23)17-14(10-24-2)13-5-3-4-6-15(13)25-17/h3-6,12H,7-10H2,1-2H3,(H,19,23). The monoisotopic (exact) mass is 340 g/mol. The molecular weight excluding hydrogens is 320 g/mol. The molecule has 0 saturated carbocycles. The Morgan fingerprint density at radius 2 is 2.24 bits per heavy atom. The quantitative estimate of drug-likeness (QED) is 0.787. The number of nitrogens with one attached hydrogen (secondary N) is 1. The van der Waals surface area contributed by atoms with Crippen LogP contribution < -0.4 is 5.32 Å². The lowest BCUT2D eigenvalue weighted by Gasteiger charge is -2.24. The van der Waals surface area contributed by atoms with Gasteiger partial charge in [-0.25, -0.2) is 0 Å². The number of methoxy groups -OCH3 is 1. The Balaban J connectivity index is 1.58. The van der Waals surface area contributed by atoms with Crippen LogP contribution in [0.15, 0.2) is 28.7 Å². The van der Waals surface area contributed by atoms with E-state index < -0.39 is 0 Å². The average molecular weight is 340 g/mol. The first-order valence-electron chi connectivity index (χ1n) is 8.36. The van der Waals surface area contributed by atoms with E-state index in [0.29, 0.717) is 24.5 Å². The highest BCUT2D eigenvalue weighted by atomic mass is 16.5. The summed E-state index contributed by atoms with van der Waals surface area (Å²) in [5, 5.41) is 12.3. The van der Waals surface area contributed by atoms with E-state index in [0.717, 1.165) is 35.4 Å². The third kappa shape index (κ3) is 2.80. The maximum Gasteiger partial charge on any atom is 0.287 e. The number of rotatable bonds is 4. The predicted octanol–water partition coefficient (Wildman–Crippen LogP) is 2.22. The summed E-state index contributed by atoms with van der Waals surface area (Å²) in [5.41, 5.74) is 1.48. The van der Waals surface area contributed by atoms with Gasteiger partial charge in [-0.15, -0.1) is 10.2 Å². The molecule has 1 aliphatic rings. The van der Waals surface area contributed by atoms with Crippen LogP contribution in [0, 0.1) is 6.92 Å². The number of aromatic nitrogens is 3. The zero-order valence-electron chi connectivity index (χ0n) is 14.3. The maximum absolute atomic E-state index is 12.8. The Morgan fingerprint density at radius 3 is 3.08 bits per heavy atom. The van der Waals surface area contributed by atoms with Crippen molar-refractivity contribution in [2.45, 2.75) is 39.0 Å². The number of nitrogens with zero attached hydrogens (tertiary/aromatic N) is 3. The first-order chi connectivity index (χ1) is 12.2. The minimum atomic E-state index is -0.206. The second-order valence-electron chi connectivity index (χ2n) is 6.32. The topological polar surface area (TPSA) is 82.2 Å². The fourth-order valence-electron chi connectivity index (χ4n) is 3.40. The lowest BCUT2D eigenvalue weighted by Crippen LogP contribution is -2.41. The number of carbonyl (C=O) groups excluding carboxylic acids is 1. The van der Waals surface area contributed by atoms with Crippen LogP contribution >= 0.6 is 0 Å². The van der Waals surface area contributed by atoms with Crippen molar-refractivity contribution < 1.29 is 13.9 Å². The number of aryl methyl sites for hydroxylation is 2. The minimum Gasteiger partial charge on any atom is -0.451 e. The highest BCUT2D eigenvalue weighted by Gasteiger charge is 2.26. The Kier molecular flexibility index (Phi) is 4.01. The van der Waals surface area contributed by atoms with Crippen molar-refractivity contribution in [3.63, 3.8) is 0 Å². The number of furan rings is 1. The van der Waals surface area contributed by atoms with Crippen molar-refractivity contribution >= 4 is 16.9 Å². The van der Waals surface area contributed by atoms with Gasteiger partial charge in [0.1, 0.15) is 17.2 Å². The second-order valence-corrected chi connectivity index (χ2v) is 6.32. The molecule has 0 saturated heterocycles. The Labute approximate surface area is 145 Å². The van der Waals surface area contributed by atoms with Gasteiger partial charge >= 0.3 is 0 Å². The van der Waals surface area contributed by atoms with Crippen molar-refractivity contribution in [2.75, 3.05) is 7.11 Å². The molecule has 7 heteroatoms. The van der Waals surface area contributed by atoms with E-state index >= 15 is 0 Å². The zero-order valence-corrected chi connectivity index (χ0v) is 14.3. The molecule has 7 nitrogen and oxygen atoms in total. The van der Waals surface area contributed by atoms with Crippen molar-refractivity contribution in [1.29, 1.82) is 0 Å². The molecule has 0 spiro atoms. The summed E-state index contributed by atoms with van der Waals surface area (Å²) in [7, 11) is 1.61. The molecule has 0 bridgehead atoms. The first-order valence-corrected chi connectivity index (χ1v) is 8.36. The summed E-state index contributed by atoms with van der Waals surface area (Å²) < 4.78 is 13.1. The van der Waals surface area contributed by atoms with Crippen LogP contribution in [0.25, 0.3) is 11.0 Å². The fraction of sp³-hybridized carbons (Fsp3) is 0.389. The lowest BCUT2D eigenvalue weighted by molar-refractivity contribution is 0.0894. The molecule has 0 radical (unpaired) electrons. The summed E-state index contributed by atoms with van der Waals surface area (Å²) >= 11 is 0. The number of amides is 1. The maximum atomic E-state index is 12.8. The lowest BCUT2D eigenvalue weighted by atomic mass is 10.1. The number of fused-ring (bicyclic) bond motifs is 2. The van der Waals surface area contributed by atoms with Gasteiger partial charge in [-0.05, 0) is 19.4 Å². The SMILES string of the molecule is COCc1c(C(=O)NC2CCc3nnc(C)n3C2)oc2ccccc12. The van der Waals surface area contributed by atoms with E-state index in [1.807, 2.05) is 31.2 Å². The minimum absolute atomic E-state index is 0.0262. The highest BCUT2D eigenvalue weighted by Crippen LogP contribution is 2.27. The summed E-state index contributed by atoms with van der Waals surface area (Å²) in [6.07, 6.45) is 1.64. The van der Waals surface area contributed by atoms with Crippen molar-refractivity contribution in [3.05, 3.63) is 47.2 Å². The Morgan fingerprint density at radius 1 is 1.40 bits per heavy atom. The molecule has 0 aliphatic carbocycles. The van der Waals surface area contributed by atoms with Gasteiger partial charge in [-0.3, -0.25) is 4.79 Å². The molecule has 1 N–H and O–H groups in total. The van der Waals surface area contributed by atoms with Crippen LogP contribution in [0.5, 0.6) is 0 Å². The average Bonchev–Trinajstić information content (AvgIpc) is 3.17. The number of hydrogen-bond donors (Lipinski definition) is 1. The third-order valence-electron chi connectivity index (χ3n) is 4.66. The number of benzene rings is 1. The number of para-hydroxylation sites is 1. The molecule has 130 valence electrons. The van der Waals surface area contributed by atoms with E-state index in [1.165, 1.54) is 0 Å². The van der Waals surface area contributed by atoms with E-state index in [1.54, 1.807) is 7.11 Å². The van der Waals surface area contributed by atoms with Gasteiger partial charge < -0.3 is 19.0 Å². The van der Waals surface area contributed by atoms with Gasteiger partial charge in [0.2, 0.25) is 0 Å². The van der Waals surface area contributed by atoms with Crippen LogP contribution in [-0.2, 0) is 24.3 Å². The molecule has 3 aromatic rings. The Bertz CT molecular complexity index is 928. The first kappa shape index (κ1) is 15.8. The fourth-order valence-corrected chi connectivity index (χ4v) is 3.40. The van der Waals surface area contributed by atoms with Crippen LogP contribution in [0.3, 0.4) is 0 Å². The van der Waals surface area contributed by atoms with Crippen molar-refractivity contribution in [3.8, 4) is 0 Å². The molecule has 2 aromatic heterocycles. The molecule has 1 aromatic carbocycles. The zero-order chi connectivity index (χ0) is 17.4. The smallest absolute Gasteiger partial charge is 0.287 e. The predicted molar refractivity (Wildman–Crippen MR) is 91.3 cm³/mol. The molecule has 3 heterocycles. The molecule has 1 atom stereocenters. The number of carbonyl (C=O) groups is 1. The third-order valence-corrected chi connectivity index (χ3v) is 4.66. The largest absolute Gasteiger partial charge is 0.451 e. The summed E-state index contributed by atoms with van der Waals surface area (Å²) in [6, 6.07) is 7.65. The van der Waals surface area contributed by atoms with Gasteiger partial charge in [-0.1, -0.05) is 18.2 Å². The van der Waals surface area contributed by atoms with E-state index in [9.17, 15) is 4.79 Å². The molecule has 0 fully saturated rings. The van der Waals surface area contributed by atoms with E-state index in [-0.39, 0.29) is 11.9 Å². The van der Waals surface area contributed by atoms with Gasteiger partial charge in [0.05, 0.1) is 6.61 Å². The van der Waals surface area contributed by atoms with Crippen molar-refractivity contribution in [2.24, 2.45) is 0 Å². The van der Waals surface area contributed by atoms with Gasteiger partial charge in [-0.2, -0.15) is 0 Å². The Hall–Kier alpha value is -2.67. The number of hydrogen-bond acceptors (Lipinski definition) is 5. The van der Waals surface area contributed by atoms with Crippen molar-refractivity contribution in [1.82, 2.24) is 20.1 Å². The van der Waals surface area contributed by atoms with E-state index in [2.05, 4.69) is 20.1 Å². The molecule has 1 unspecified atom stereocenters. The summed E-state index contributed by atoms with van der Waals surface area (Å²) in [5.74, 6) is 1.97. The normalized spacial score (nSPS) is 16.8. The van der Waals surface area contributed by atoms with E-state index in [4.69, 9.17) is 9.15 Å². The summed E-state index contributed by atoms with van der Waals surface area (Å²) in [4.78, 5) is 12.8. The molecule has 1 amide bonds. The van der Waals surface area contributed by atoms with Crippen LogP contribution in [-0.4, -0.2) is 33.8 Å². The molecule has 25 heavy (non-hydrogen) atoms. The number of ether oxygens (including phenoxy) is 1. The van der Waals surface area contributed by atoms with Crippen LogP contribution in [0.4, 0.5) is 0 Å². The van der Waals surface area contributed by atoms with Gasteiger partial charge in [0.25, 0.3) is 5.91 Å².